The number of nitrogens with zero attached hydrogens (tertiary/aromatic N) is 3. The van der Waals surface area contributed by atoms with Gasteiger partial charge in [-0.2, -0.15) is 16.7 Å². The maximum absolute atomic E-state index is 4.64. The SMILES string of the molecule is CCNc1nc(N(C)CCSC)c2ccccc2n1. The molecule has 0 fully saturated rings. The van der Waals surface area contributed by atoms with Crippen molar-refractivity contribution in [3.8, 4) is 0 Å². The molecule has 2 rings (SSSR count). The summed E-state index contributed by atoms with van der Waals surface area (Å²) in [6.45, 7) is 3.86. The largest absolute Gasteiger partial charge is 0.358 e. The third kappa shape index (κ3) is 3.29. The maximum Gasteiger partial charge on any atom is 0.225 e. The van der Waals surface area contributed by atoms with E-state index in [0.29, 0.717) is 5.95 Å². The lowest BCUT2D eigenvalue weighted by Gasteiger charge is -2.20. The number of anilines is 2. The Bertz CT molecular complexity index is 544. The minimum atomic E-state index is 0.701. The Morgan fingerprint density at radius 3 is 2.79 bits per heavy atom. The number of benzene rings is 1. The average Bonchev–Trinajstić information content (AvgIpc) is 2.44. The monoisotopic (exact) mass is 276 g/mol. The summed E-state index contributed by atoms with van der Waals surface area (Å²) in [5.41, 5.74) is 0.986. The Balaban J connectivity index is 2.43. The van der Waals surface area contributed by atoms with E-state index in [-0.39, 0.29) is 0 Å². The van der Waals surface area contributed by atoms with Gasteiger partial charge >= 0.3 is 0 Å². The number of fused-ring (bicyclic) bond motifs is 1. The first kappa shape index (κ1) is 13.9. The molecular formula is C14H20N4S. The minimum absolute atomic E-state index is 0.701. The van der Waals surface area contributed by atoms with Crippen molar-refractivity contribution in [3.05, 3.63) is 24.3 Å². The van der Waals surface area contributed by atoms with E-state index in [0.717, 1.165) is 35.6 Å². The number of thioether (sulfide) groups is 1. The highest BCUT2D eigenvalue weighted by atomic mass is 32.2. The zero-order valence-electron chi connectivity index (χ0n) is 11.7. The van der Waals surface area contributed by atoms with Crippen LogP contribution in [0.1, 0.15) is 6.92 Å². The van der Waals surface area contributed by atoms with Crippen molar-refractivity contribution in [2.24, 2.45) is 0 Å². The smallest absolute Gasteiger partial charge is 0.225 e. The van der Waals surface area contributed by atoms with Crippen LogP contribution in [0.5, 0.6) is 0 Å². The van der Waals surface area contributed by atoms with Crippen LogP contribution in [-0.4, -0.2) is 42.1 Å². The summed E-state index contributed by atoms with van der Waals surface area (Å²) >= 11 is 1.84. The second-order valence-electron chi connectivity index (χ2n) is 4.33. The van der Waals surface area contributed by atoms with Crippen LogP contribution in [0.2, 0.25) is 0 Å². The third-order valence-corrected chi connectivity index (χ3v) is 3.50. The van der Waals surface area contributed by atoms with E-state index in [1.54, 1.807) is 0 Å². The van der Waals surface area contributed by atoms with E-state index in [9.17, 15) is 0 Å². The van der Waals surface area contributed by atoms with Gasteiger partial charge in [0.2, 0.25) is 5.95 Å². The van der Waals surface area contributed by atoms with E-state index in [2.05, 4.69) is 46.5 Å². The van der Waals surface area contributed by atoms with Gasteiger partial charge in [0.15, 0.2) is 0 Å². The summed E-state index contributed by atoms with van der Waals surface area (Å²) in [6, 6.07) is 8.15. The third-order valence-electron chi connectivity index (χ3n) is 2.91. The first-order valence-corrected chi connectivity index (χ1v) is 7.86. The van der Waals surface area contributed by atoms with E-state index < -0.39 is 0 Å². The molecule has 102 valence electrons. The van der Waals surface area contributed by atoms with Crippen LogP contribution < -0.4 is 10.2 Å². The first-order valence-electron chi connectivity index (χ1n) is 6.47. The van der Waals surface area contributed by atoms with Crippen LogP contribution >= 0.6 is 11.8 Å². The predicted octanol–water partition coefficient (Wildman–Crippen LogP) is 2.86. The summed E-state index contributed by atoms with van der Waals surface area (Å²) in [6.07, 6.45) is 2.12. The van der Waals surface area contributed by atoms with Crippen molar-refractivity contribution >= 4 is 34.4 Å². The molecule has 0 saturated heterocycles. The first-order chi connectivity index (χ1) is 9.26. The van der Waals surface area contributed by atoms with Gasteiger partial charge in [-0.3, -0.25) is 0 Å². The quantitative estimate of drug-likeness (QED) is 0.878. The fourth-order valence-corrected chi connectivity index (χ4v) is 2.38. The highest BCUT2D eigenvalue weighted by molar-refractivity contribution is 7.98. The van der Waals surface area contributed by atoms with Gasteiger partial charge in [-0.1, -0.05) is 12.1 Å². The Kier molecular flexibility index (Phi) is 4.85. The van der Waals surface area contributed by atoms with Crippen LogP contribution in [0, 0.1) is 0 Å². The van der Waals surface area contributed by atoms with Crippen LogP contribution in [0.3, 0.4) is 0 Å². The molecule has 1 aromatic heterocycles. The molecule has 0 radical (unpaired) electrons. The lowest BCUT2D eigenvalue weighted by Crippen LogP contribution is -2.22. The van der Waals surface area contributed by atoms with Gasteiger partial charge in [0.25, 0.3) is 0 Å². The fourth-order valence-electron chi connectivity index (χ4n) is 1.92. The second-order valence-corrected chi connectivity index (χ2v) is 5.32. The predicted molar refractivity (Wildman–Crippen MR) is 85.4 cm³/mol. The Morgan fingerprint density at radius 2 is 2.05 bits per heavy atom. The molecule has 0 aliphatic rings. The fraction of sp³-hybridized carbons (Fsp3) is 0.429. The molecule has 5 heteroatoms. The molecule has 1 heterocycles. The molecule has 0 spiro atoms. The maximum atomic E-state index is 4.64. The topological polar surface area (TPSA) is 41.1 Å². The van der Waals surface area contributed by atoms with E-state index in [4.69, 9.17) is 0 Å². The molecule has 1 N–H and O–H groups in total. The van der Waals surface area contributed by atoms with E-state index in [1.165, 1.54) is 0 Å². The molecule has 0 saturated carbocycles. The Morgan fingerprint density at radius 1 is 1.26 bits per heavy atom. The Labute approximate surface area is 118 Å². The van der Waals surface area contributed by atoms with Crippen molar-refractivity contribution in [3.63, 3.8) is 0 Å². The van der Waals surface area contributed by atoms with Crippen molar-refractivity contribution in [1.29, 1.82) is 0 Å². The molecule has 0 aliphatic carbocycles. The molecule has 19 heavy (non-hydrogen) atoms. The molecule has 0 amide bonds. The highest BCUT2D eigenvalue weighted by Crippen LogP contribution is 2.24. The van der Waals surface area contributed by atoms with Crippen molar-refractivity contribution in [2.75, 3.05) is 42.4 Å². The van der Waals surface area contributed by atoms with Gasteiger partial charge in [0, 0.05) is 31.3 Å². The molecule has 0 bridgehead atoms. The number of hydrogen-bond acceptors (Lipinski definition) is 5. The normalized spacial score (nSPS) is 10.7. The van der Waals surface area contributed by atoms with Crippen molar-refractivity contribution in [2.45, 2.75) is 6.92 Å². The van der Waals surface area contributed by atoms with Gasteiger partial charge < -0.3 is 10.2 Å². The number of hydrogen-bond donors (Lipinski definition) is 1. The van der Waals surface area contributed by atoms with Crippen LogP contribution in [-0.2, 0) is 0 Å². The molecular weight excluding hydrogens is 256 g/mol. The summed E-state index contributed by atoms with van der Waals surface area (Å²) < 4.78 is 0. The molecule has 2 aromatic rings. The van der Waals surface area contributed by atoms with Crippen LogP contribution in [0.4, 0.5) is 11.8 Å². The molecule has 0 aliphatic heterocycles. The van der Waals surface area contributed by atoms with E-state index in [1.807, 2.05) is 30.0 Å². The van der Waals surface area contributed by atoms with Gasteiger partial charge in [0.05, 0.1) is 5.52 Å². The number of rotatable bonds is 6. The standard InChI is InChI=1S/C14H20N4S/c1-4-15-14-16-12-8-6-5-7-11(12)13(17-14)18(2)9-10-19-3/h5-8H,4,9-10H2,1-3H3,(H,15,16,17). The molecule has 0 unspecified atom stereocenters. The van der Waals surface area contributed by atoms with Crippen LogP contribution in [0.25, 0.3) is 10.9 Å². The van der Waals surface area contributed by atoms with E-state index >= 15 is 0 Å². The molecule has 4 nitrogen and oxygen atoms in total. The highest BCUT2D eigenvalue weighted by Gasteiger charge is 2.10. The molecule has 0 atom stereocenters. The summed E-state index contributed by atoms with van der Waals surface area (Å²) in [7, 11) is 2.08. The zero-order chi connectivity index (χ0) is 13.7. The number of aromatic nitrogens is 2. The second kappa shape index (κ2) is 6.61. The Hall–Kier alpha value is -1.49. The number of nitrogens with one attached hydrogen (secondary N) is 1. The van der Waals surface area contributed by atoms with Gasteiger partial charge in [0.1, 0.15) is 5.82 Å². The lowest BCUT2D eigenvalue weighted by atomic mass is 10.2. The molecule has 1 aromatic carbocycles. The summed E-state index contributed by atoms with van der Waals surface area (Å²) in [5.74, 6) is 2.79. The van der Waals surface area contributed by atoms with Gasteiger partial charge in [-0.15, -0.1) is 0 Å². The van der Waals surface area contributed by atoms with Crippen LogP contribution in [0.15, 0.2) is 24.3 Å². The van der Waals surface area contributed by atoms with Gasteiger partial charge in [-0.25, -0.2) is 4.98 Å². The summed E-state index contributed by atoms with van der Waals surface area (Å²) in [4.78, 5) is 11.4. The summed E-state index contributed by atoms with van der Waals surface area (Å²) in [5, 5.41) is 4.30. The zero-order valence-corrected chi connectivity index (χ0v) is 12.5. The van der Waals surface area contributed by atoms with Crippen molar-refractivity contribution < 1.29 is 0 Å². The number of para-hydroxylation sites is 1. The van der Waals surface area contributed by atoms with Crippen molar-refractivity contribution in [1.82, 2.24) is 9.97 Å². The average molecular weight is 276 g/mol. The lowest BCUT2D eigenvalue weighted by molar-refractivity contribution is 0.946. The van der Waals surface area contributed by atoms with Gasteiger partial charge in [-0.05, 0) is 25.3 Å². The minimum Gasteiger partial charge on any atom is -0.358 e.